The zero-order valence-corrected chi connectivity index (χ0v) is 15.5. The standard InChI is InChI=1S/C21H18FN5O2/c22-12-5-8-14(9-6-12)27-18-4-2-1-3-15(18)19(26-27)20(28)23-13-7-10-16-17(11-13)25-21(29)24-16/h5-11H,1-4H2,(H,23,28)(H2,24,25,29). The quantitative estimate of drug-likeness (QED) is 0.500. The second-order valence-electron chi connectivity index (χ2n) is 7.16. The van der Waals surface area contributed by atoms with Crippen LogP contribution in [-0.4, -0.2) is 25.7 Å². The molecule has 0 saturated heterocycles. The smallest absolute Gasteiger partial charge is 0.321 e. The first-order valence-electron chi connectivity index (χ1n) is 9.48. The fourth-order valence-electron chi connectivity index (χ4n) is 3.88. The van der Waals surface area contributed by atoms with Gasteiger partial charge in [0.2, 0.25) is 0 Å². The first-order chi connectivity index (χ1) is 14.1. The molecule has 0 radical (unpaired) electrons. The Morgan fingerprint density at radius 2 is 1.79 bits per heavy atom. The van der Waals surface area contributed by atoms with E-state index in [0.717, 1.165) is 42.6 Å². The van der Waals surface area contributed by atoms with Crippen LogP contribution in [0.2, 0.25) is 0 Å². The topological polar surface area (TPSA) is 95.6 Å². The van der Waals surface area contributed by atoms with Crippen LogP contribution in [0, 0.1) is 5.82 Å². The van der Waals surface area contributed by atoms with Gasteiger partial charge >= 0.3 is 5.69 Å². The average Bonchev–Trinajstić information content (AvgIpc) is 3.28. The molecule has 0 unspecified atom stereocenters. The highest BCUT2D eigenvalue weighted by Crippen LogP contribution is 2.28. The number of aromatic amines is 2. The summed E-state index contributed by atoms with van der Waals surface area (Å²) >= 11 is 0. The highest BCUT2D eigenvalue weighted by Gasteiger charge is 2.25. The maximum absolute atomic E-state index is 13.3. The second-order valence-corrected chi connectivity index (χ2v) is 7.16. The van der Waals surface area contributed by atoms with Gasteiger partial charge in [-0.25, -0.2) is 13.9 Å². The number of hydrogen-bond donors (Lipinski definition) is 3. The van der Waals surface area contributed by atoms with Crippen LogP contribution in [0.4, 0.5) is 10.1 Å². The molecule has 2 heterocycles. The van der Waals surface area contributed by atoms with E-state index in [9.17, 15) is 14.0 Å². The van der Waals surface area contributed by atoms with E-state index >= 15 is 0 Å². The minimum absolute atomic E-state index is 0.296. The fraction of sp³-hybridized carbons (Fsp3) is 0.190. The van der Waals surface area contributed by atoms with Gasteiger partial charge in [0, 0.05) is 16.9 Å². The van der Waals surface area contributed by atoms with Crippen molar-refractivity contribution in [2.24, 2.45) is 0 Å². The predicted molar refractivity (Wildman–Crippen MR) is 107 cm³/mol. The molecule has 0 atom stereocenters. The zero-order valence-electron chi connectivity index (χ0n) is 15.5. The van der Waals surface area contributed by atoms with Gasteiger partial charge in [-0.15, -0.1) is 0 Å². The summed E-state index contributed by atoms with van der Waals surface area (Å²) in [4.78, 5) is 29.8. The Hall–Kier alpha value is -3.68. The van der Waals surface area contributed by atoms with Gasteiger partial charge in [-0.2, -0.15) is 5.10 Å². The summed E-state index contributed by atoms with van der Waals surface area (Å²) < 4.78 is 15.1. The van der Waals surface area contributed by atoms with E-state index < -0.39 is 0 Å². The number of nitrogens with zero attached hydrogens (tertiary/aromatic N) is 2. The van der Waals surface area contributed by atoms with Crippen molar-refractivity contribution < 1.29 is 9.18 Å². The summed E-state index contributed by atoms with van der Waals surface area (Å²) in [6.07, 6.45) is 3.63. The Morgan fingerprint density at radius 3 is 2.62 bits per heavy atom. The molecule has 1 aliphatic rings. The summed E-state index contributed by atoms with van der Waals surface area (Å²) in [6, 6.07) is 11.3. The van der Waals surface area contributed by atoms with Crippen LogP contribution in [-0.2, 0) is 12.8 Å². The summed E-state index contributed by atoms with van der Waals surface area (Å²) in [5, 5.41) is 7.45. The van der Waals surface area contributed by atoms with Crippen LogP contribution in [0.25, 0.3) is 16.7 Å². The van der Waals surface area contributed by atoms with Gasteiger partial charge in [0.05, 0.1) is 16.7 Å². The number of carbonyl (C=O) groups is 1. The predicted octanol–water partition coefficient (Wildman–Crippen LogP) is 3.31. The molecule has 2 aromatic heterocycles. The molecule has 0 spiro atoms. The highest BCUT2D eigenvalue weighted by atomic mass is 19.1. The SMILES string of the molecule is O=C(Nc1ccc2[nH]c(=O)[nH]c2c1)c1nn(-c2ccc(F)cc2)c2c1CCCC2. The number of carbonyl (C=O) groups excluding carboxylic acids is 1. The number of hydrogen-bond acceptors (Lipinski definition) is 3. The van der Waals surface area contributed by atoms with E-state index in [1.54, 1.807) is 35.0 Å². The van der Waals surface area contributed by atoms with Gasteiger partial charge in [0.1, 0.15) is 5.82 Å². The van der Waals surface area contributed by atoms with Crippen molar-refractivity contribution in [1.29, 1.82) is 0 Å². The van der Waals surface area contributed by atoms with Gasteiger partial charge in [-0.1, -0.05) is 0 Å². The molecule has 146 valence electrons. The number of amides is 1. The van der Waals surface area contributed by atoms with Gasteiger partial charge in [0.15, 0.2) is 5.69 Å². The third-order valence-corrected chi connectivity index (χ3v) is 5.24. The van der Waals surface area contributed by atoms with Gasteiger partial charge in [0.25, 0.3) is 5.91 Å². The number of nitrogens with one attached hydrogen (secondary N) is 3. The van der Waals surface area contributed by atoms with Crippen molar-refractivity contribution in [2.45, 2.75) is 25.7 Å². The van der Waals surface area contributed by atoms with Crippen molar-refractivity contribution in [3.05, 3.63) is 75.7 Å². The molecule has 0 aliphatic heterocycles. The van der Waals surface area contributed by atoms with E-state index in [1.165, 1.54) is 12.1 Å². The monoisotopic (exact) mass is 391 g/mol. The number of H-pyrrole nitrogens is 2. The molecule has 5 rings (SSSR count). The first kappa shape index (κ1) is 17.4. The number of fused-ring (bicyclic) bond motifs is 2. The number of anilines is 1. The van der Waals surface area contributed by atoms with E-state index in [2.05, 4.69) is 20.4 Å². The number of rotatable bonds is 3. The number of imidazole rings is 1. The van der Waals surface area contributed by atoms with Gasteiger partial charge in [-0.05, 0) is 68.1 Å². The Labute approximate surface area is 164 Å². The van der Waals surface area contributed by atoms with E-state index in [4.69, 9.17) is 0 Å². The maximum atomic E-state index is 13.3. The Kier molecular flexibility index (Phi) is 4.04. The van der Waals surface area contributed by atoms with Crippen LogP contribution in [0.1, 0.15) is 34.6 Å². The lowest BCUT2D eigenvalue weighted by molar-refractivity contribution is 0.102. The molecule has 0 saturated carbocycles. The van der Waals surface area contributed by atoms with Crippen LogP contribution in [0.3, 0.4) is 0 Å². The molecule has 3 N–H and O–H groups in total. The largest absolute Gasteiger partial charge is 0.323 e. The summed E-state index contributed by atoms with van der Waals surface area (Å²) in [6.45, 7) is 0. The minimum Gasteiger partial charge on any atom is -0.321 e. The Bertz CT molecular complexity index is 1280. The lowest BCUT2D eigenvalue weighted by Crippen LogP contribution is -2.15. The van der Waals surface area contributed by atoms with Crippen LogP contribution in [0.15, 0.2) is 47.3 Å². The second kappa shape index (κ2) is 6.73. The highest BCUT2D eigenvalue weighted by molar-refractivity contribution is 6.04. The van der Waals surface area contributed by atoms with Crippen LogP contribution >= 0.6 is 0 Å². The lowest BCUT2D eigenvalue weighted by Gasteiger charge is -2.14. The third kappa shape index (κ3) is 3.12. The normalized spacial score (nSPS) is 13.4. The molecular formula is C21H18FN5O2. The summed E-state index contributed by atoms with van der Waals surface area (Å²) in [5.41, 5.74) is 4.61. The van der Waals surface area contributed by atoms with Crippen molar-refractivity contribution in [2.75, 3.05) is 5.32 Å². The number of halogens is 1. The number of aromatic nitrogens is 4. The molecule has 8 heteroatoms. The molecular weight excluding hydrogens is 373 g/mol. The van der Waals surface area contributed by atoms with E-state index in [0.29, 0.717) is 22.4 Å². The average molecular weight is 391 g/mol. The minimum atomic E-state index is -0.314. The van der Waals surface area contributed by atoms with E-state index in [-0.39, 0.29) is 17.4 Å². The molecule has 4 aromatic rings. The molecule has 7 nitrogen and oxygen atoms in total. The van der Waals surface area contributed by atoms with Crippen molar-refractivity contribution in [1.82, 2.24) is 19.7 Å². The Balaban J connectivity index is 1.51. The molecule has 29 heavy (non-hydrogen) atoms. The lowest BCUT2D eigenvalue weighted by atomic mass is 9.95. The molecule has 1 aliphatic carbocycles. The first-order valence-corrected chi connectivity index (χ1v) is 9.48. The van der Waals surface area contributed by atoms with Crippen molar-refractivity contribution in [3.63, 3.8) is 0 Å². The van der Waals surface area contributed by atoms with Crippen molar-refractivity contribution in [3.8, 4) is 5.69 Å². The molecule has 2 aromatic carbocycles. The summed E-state index contributed by atoms with van der Waals surface area (Å²) in [7, 11) is 0. The van der Waals surface area contributed by atoms with Gasteiger partial charge in [-0.3, -0.25) is 4.79 Å². The van der Waals surface area contributed by atoms with Crippen LogP contribution in [0.5, 0.6) is 0 Å². The maximum Gasteiger partial charge on any atom is 0.323 e. The van der Waals surface area contributed by atoms with Gasteiger partial charge < -0.3 is 15.3 Å². The Morgan fingerprint density at radius 1 is 1.03 bits per heavy atom. The fourth-order valence-corrected chi connectivity index (χ4v) is 3.88. The van der Waals surface area contributed by atoms with E-state index in [1.807, 2.05) is 0 Å². The van der Waals surface area contributed by atoms with Crippen molar-refractivity contribution >= 4 is 22.6 Å². The third-order valence-electron chi connectivity index (χ3n) is 5.24. The zero-order chi connectivity index (χ0) is 20.0. The molecule has 0 bridgehead atoms. The number of benzene rings is 2. The molecule has 0 fully saturated rings. The van der Waals surface area contributed by atoms with Crippen LogP contribution < -0.4 is 11.0 Å². The summed E-state index contributed by atoms with van der Waals surface area (Å²) in [5.74, 6) is -0.618. The molecule has 1 amide bonds.